The summed E-state index contributed by atoms with van der Waals surface area (Å²) < 4.78 is 0. The average Bonchev–Trinajstić information content (AvgIpc) is 2.79. The molecule has 4 heteroatoms. The molecule has 0 aromatic rings. The second-order valence-electron chi connectivity index (χ2n) is 7.32. The number of carbonyl (C=O) groups is 1. The van der Waals surface area contributed by atoms with Crippen molar-refractivity contribution in [2.75, 3.05) is 13.1 Å². The van der Waals surface area contributed by atoms with Crippen LogP contribution >= 0.6 is 12.4 Å². The Morgan fingerprint density at radius 1 is 1.14 bits per heavy atom. The Balaban J connectivity index is 0.00000161. The van der Waals surface area contributed by atoms with Gasteiger partial charge in [-0.1, -0.05) is 13.3 Å². The summed E-state index contributed by atoms with van der Waals surface area (Å²) in [5.41, 5.74) is 0. The monoisotopic (exact) mass is 314 g/mol. The number of nitrogens with zero attached hydrogens (tertiary/aromatic N) is 1. The first kappa shape index (κ1) is 17.1. The van der Waals surface area contributed by atoms with E-state index in [9.17, 15) is 4.79 Å². The standard InChI is InChI=1S/C17H30N2O.ClH/c1-2-4-13-5-3-8-19(12-13)17(20)11-14-9-15-6-7-16(10-14)18-15;/h13-16,18H,2-12H2,1H3;1H. The molecule has 0 aromatic heterocycles. The highest BCUT2D eigenvalue weighted by molar-refractivity contribution is 5.85. The fraction of sp³-hybridized carbons (Fsp3) is 0.941. The number of hydrogen-bond acceptors (Lipinski definition) is 2. The van der Waals surface area contributed by atoms with Gasteiger partial charge in [-0.25, -0.2) is 0 Å². The average molecular weight is 315 g/mol. The van der Waals surface area contributed by atoms with Crippen LogP contribution in [0.25, 0.3) is 0 Å². The van der Waals surface area contributed by atoms with Crippen molar-refractivity contribution < 1.29 is 4.79 Å². The molecule has 3 heterocycles. The molecule has 0 aromatic carbocycles. The molecule has 0 spiro atoms. The molecule has 2 bridgehead atoms. The van der Waals surface area contributed by atoms with Gasteiger partial charge in [-0.3, -0.25) is 4.79 Å². The van der Waals surface area contributed by atoms with Crippen LogP contribution in [0.4, 0.5) is 0 Å². The summed E-state index contributed by atoms with van der Waals surface area (Å²) in [4.78, 5) is 14.7. The van der Waals surface area contributed by atoms with Crippen molar-refractivity contribution in [1.82, 2.24) is 10.2 Å². The highest BCUT2D eigenvalue weighted by Gasteiger charge is 2.35. The zero-order valence-electron chi connectivity index (χ0n) is 13.4. The maximum atomic E-state index is 12.6. The molecule has 3 aliphatic rings. The fourth-order valence-electron chi connectivity index (χ4n) is 4.65. The first-order valence-corrected chi connectivity index (χ1v) is 8.78. The van der Waals surface area contributed by atoms with Crippen molar-refractivity contribution in [3.63, 3.8) is 0 Å². The maximum Gasteiger partial charge on any atom is 0.222 e. The van der Waals surface area contributed by atoms with Gasteiger partial charge in [-0.2, -0.15) is 0 Å². The zero-order chi connectivity index (χ0) is 13.9. The lowest BCUT2D eigenvalue weighted by atomic mass is 9.88. The molecule has 0 aliphatic carbocycles. The van der Waals surface area contributed by atoms with Gasteiger partial charge in [0.2, 0.25) is 5.91 Å². The van der Waals surface area contributed by atoms with Crippen molar-refractivity contribution in [2.24, 2.45) is 11.8 Å². The summed E-state index contributed by atoms with van der Waals surface area (Å²) in [5.74, 6) is 1.85. The number of nitrogens with one attached hydrogen (secondary N) is 1. The van der Waals surface area contributed by atoms with Crippen molar-refractivity contribution >= 4 is 18.3 Å². The van der Waals surface area contributed by atoms with E-state index in [-0.39, 0.29) is 12.4 Å². The minimum absolute atomic E-state index is 0. The van der Waals surface area contributed by atoms with Crippen LogP contribution in [0.5, 0.6) is 0 Å². The molecule has 122 valence electrons. The molecule has 3 nitrogen and oxygen atoms in total. The summed E-state index contributed by atoms with van der Waals surface area (Å²) in [6, 6.07) is 1.42. The van der Waals surface area contributed by atoms with Crippen molar-refractivity contribution in [2.45, 2.75) is 76.8 Å². The number of amides is 1. The Hall–Kier alpha value is -0.280. The molecular formula is C17H31ClN2O. The van der Waals surface area contributed by atoms with Crippen molar-refractivity contribution in [3.8, 4) is 0 Å². The third-order valence-corrected chi connectivity index (χ3v) is 5.60. The van der Waals surface area contributed by atoms with Gasteiger partial charge in [-0.15, -0.1) is 12.4 Å². The lowest BCUT2D eigenvalue weighted by Gasteiger charge is -2.35. The summed E-state index contributed by atoms with van der Waals surface area (Å²) in [6.07, 6.45) is 11.0. The Bertz CT molecular complexity index is 336. The number of rotatable bonds is 4. The number of halogens is 1. The predicted molar refractivity (Wildman–Crippen MR) is 88.7 cm³/mol. The molecule has 3 unspecified atom stereocenters. The predicted octanol–water partition coefficient (Wildman–Crippen LogP) is 3.37. The van der Waals surface area contributed by atoms with E-state index in [0.717, 1.165) is 25.4 Å². The topological polar surface area (TPSA) is 32.3 Å². The van der Waals surface area contributed by atoms with Crippen LogP contribution in [0.15, 0.2) is 0 Å². The number of likely N-dealkylation sites (tertiary alicyclic amines) is 1. The molecule has 21 heavy (non-hydrogen) atoms. The van der Waals surface area contributed by atoms with E-state index in [1.165, 1.54) is 51.4 Å². The highest BCUT2D eigenvalue weighted by atomic mass is 35.5. The van der Waals surface area contributed by atoms with E-state index in [1.54, 1.807) is 0 Å². The molecule has 1 amide bonds. The first-order valence-electron chi connectivity index (χ1n) is 8.78. The van der Waals surface area contributed by atoms with Crippen LogP contribution in [0.3, 0.4) is 0 Å². The fourth-order valence-corrected chi connectivity index (χ4v) is 4.65. The Morgan fingerprint density at radius 3 is 2.52 bits per heavy atom. The molecule has 0 radical (unpaired) electrons. The van der Waals surface area contributed by atoms with E-state index in [4.69, 9.17) is 0 Å². The molecule has 3 atom stereocenters. The Labute approximate surface area is 135 Å². The van der Waals surface area contributed by atoms with Crippen LogP contribution in [0, 0.1) is 11.8 Å². The molecule has 3 aliphatic heterocycles. The lowest BCUT2D eigenvalue weighted by molar-refractivity contribution is -0.134. The summed E-state index contributed by atoms with van der Waals surface area (Å²) in [7, 11) is 0. The normalized spacial score (nSPS) is 35.4. The van der Waals surface area contributed by atoms with Gasteiger partial charge in [0, 0.05) is 31.6 Å². The maximum absolute atomic E-state index is 12.6. The smallest absolute Gasteiger partial charge is 0.222 e. The first-order chi connectivity index (χ1) is 9.74. The van der Waals surface area contributed by atoms with Gasteiger partial charge in [0.15, 0.2) is 0 Å². The van der Waals surface area contributed by atoms with Gasteiger partial charge in [-0.05, 0) is 56.8 Å². The van der Waals surface area contributed by atoms with Gasteiger partial charge in [0.25, 0.3) is 0 Å². The third-order valence-electron chi connectivity index (χ3n) is 5.60. The quantitative estimate of drug-likeness (QED) is 0.863. The lowest BCUT2D eigenvalue weighted by Crippen LogP contribution is -2.43. The molecule has 1 N–H and O–H groups in total. The number of hydrogen-bond donors (Lipinski definition) is 1. The second-order valence-corrected chi connectivity index (χ2v) is 7.32. The molecule has 3 rings (SSSR count). The van der Waals surface area contributed by atoms with Gasteiger partial charge >= 0.3 is 0 Å². The SMILES string of the molecule is CCCC1CCCN(C(=O)CC2CC3CCC(C2)N3)C1.Cl. The van der Waals surface area contributed by atoms with Crippen LogP contribution in [-0.2, 0) is 4.79 Å². The molecular weight excluding hydrogens is 284 g/mol. The molecule has 3 saturated heterocycles. The summed E-state index contributed by atoms with van der Waals surface area (Å²) >= 11 is 0. The highest BCUT2D eigenvalue weighted by Crippen LogP contribution is 2.33. The van der Waals surface area contributed by atoms with E-state index in [0.29, 0.717) is 23.9 Å². The van der Waals surface area contributed by atoms with E-state index in [1.807, 2.05) is 0 Å². The Morgan fingerprint density at radius 2 is 1.86 bits per heavy atom. The number of fused-ring (bicyclic) bond motifs is 2. The minimum atomic E-state index is 0. The van der Waals surface area contributed by atoms with Crippen LogP contribution < -0.4 is 5.32 Å². The summed E-state index contributed by atoms with van der Waals surface area (Å²) in [6.45, 7) is 4.30. The third kappa shape index (κ3) is 4.35. The van der Waals surface area contributed by atoms with Crippen molar-refractivity contribution in [1.29, 1.82) is 0 Å². The zero-order valence-corrected chi connectivity index (χ0v) is 14.2. The second kappa shape index (κ2) is 7.82. The van der Waals surface area contributed by atoms with Crippen molar-refractivity contribution in [3.05, 3.63) is 0 Å². The van der Waals surface area contributed by atoms with E-state index < -0.39 is 0 Å². The van der Waals surface area contributed by atoms with Crippen LogP contribution in [0.1, 0.15) is 64.7 Å². The van der Waals surface area contributed by atoms with Crippen LogP contribution in [0.2, 0.25) is 0 Å². The minimum Gasteiger partial charge on any atom is -0.342 e. The molecule has 0 saturated carbocycles. The Kier molecular flexibility index (Phi) is 6.36. The molecule has 3 fully saturated rings. The van der Waals surface area contributed by atoms with Gasteiger partial charge in [0.1, 0.15) is 0 Å². The van der Waals surface area contributed by atoms with Gasteiger partial charge in [0.05, 0.1) is 0 Å². The van der Waals surface area contributed by atoms with E-state index >= 15 is 0 Å². The number of carbonyl (C=O) groups excluding carboxylic acids is 1. The van der Waals surface area contributed by atoms with Crippen LogP contribution in [-0.4, -0.2) is 36.0 Å². The number of piperidine rings is 2. The van der Waals surface area contributed by atoms with E-state index in [2.05, 4.69) is 17.1 Å². The summed E-state index contributed by atoms with van der Waals surface area (Å²) in [5, 5.41) is 3.67. The van der Waals surface area contributed by atoms with Gasteiger partial charge < -0.3 is 10.2 Å². The largest absolute Gasteiger partial charge is 0.342 e.